The van der Waals surface area contributed by atoms with E-state index in [1.807, 2.05) is 13.0 Å². The van der Waals surface area contributed by atoms with E-state index < -0.39 is 20.5 Å². The second kappa shape index (κ2) is 7.76. The number of aryl methyl sites for hydroxylation is 1. The van der Waals surface area contributed by atoms with Gasteiger partial charge in [0.25, 0.3) is 0 Å². The highest BCUT2D eigenvalue weighted by molar-refractivity contribution is 7.93. The molecule has 0 unspecified atom stereocenters. The molecule has 8 heteroatoms. The van der Waals surface area contributed by atoms with Gasteiger partial charge in [0.1, 0.15) is 5.82 Å². The first-order valence-corrected chi connectivity index (χ1v) is 11.3. The number of pyridine rings is 1. The van der Waals surface area contributed by atoms with Crippen LogP contribution in [0.5, 0.6) is 0 Å². The van der Waals surface area contributed by atoms with Gasteiger partial charge in [0.05, 0.1) is 30.0 Å². The van der Waals surface area contributed by atoms with E-state index in [4.69, 9.17) is 4.74 Å². The van der Waals surface area contributed by atoms with E-state index in [9.17, 15) is 13.2 Å². The lowest BCUT2D eigenvalue weighted by molar-refractivity contribution is -0.120. The Hall–Kier alpha value is -2.45. The standard InChI is InChI=1S/C21H25N3O4S/c1-16-3-6-18(7-4-16)29(26,27)21(9-2-10-21)20(25)23-19-8-5-17(15-22-19)24-11-13-28-14-12-24/h3-8,15H,2,9-14H2,1H3,(H,22,23,25). The van der Waals surface area contributed by atoms with Crippen molar-refractivity contribution in [3.63, 3.8) is 0 Å². The molecule has 1 aliphatic heterocycles. The van der Waals surface area contributed by atoms with Gasteiger partial charge in [0.15, 0.2) is 14.6 Å². The SMILES string of the molecule is Cc1ccc(S(=O)(=O)C2(C(=O)Nc3ccc(N4CCOCC4)cn3)CCC2)cc1. The predicted molar refractivity (Wildman–Crippen MR) is 111 cm³/mol. The quantitative estimate of drug-likeness (QED) is 0.807. The zero-order valence-electron chi connectivity index (χ0n) is 16.4. The number of rotatable bonds is 5. The fraction of sp³-hybridized carbons (Fsp3) is 0.429. The third-order valence-corrected chi connectivity index (χ3v) is 8.30. The summed E-state index contributed by atoms with van der Waals surface area (Å²) in [4.78, 5) is 19.7. The molecule has 154 valence electrons. The minimum atomic E-state index is -3.79. The molecule has 1 saturated heterocycles. The molecule has 2 fully saturated rings. The molecule has 0 radical (unpaired) electrons. The first-order valence-electron chi connectivity index (χ1n) is 9.84. The van der Waals surface area contributed by atoms with Gasteiger partial charge in [-0.3, -0.25) is 4.79 Å². The smallest absolute Gasteiger partial charge is 0.247 e. The molecule has 1 N–H and O–H groups in total. The summed E-state index contributed by atoms with van der Waals surface area (Å²) >= 11 is 0. The number of ether oxygens (including phenoxy) is 1. The Morgan fingerprint density at radius 1 is 1.10 bits per heavy atom. The van der Waals surface area contributed by atoms with Crippen LogP contribution in [-0.2, 0) is 19.4 Å². The van der Waals surface area contributed by atoms with Gasteiger partial charge >= 0.3 is 0 Å². The molecule has 2 aliphatic rings. The van der Waals surface area contributed by atoms with Crippen LogP contribution in [0.4, 0.5) is 11.5 Å². The lowest BCUT2D eigenvalue weighted by Gasteiger charge is -2.39. The van der Waals surface area contributed by atoms with Crippen LogP contribution in [-0.4, -0.2) is 50.4 Å². The van der Waals surface area contributed by atoms with Crippen molar-refractivity contribution < 1.29 is 17.9 Å². The van der Waals surface area contributed by atoms with Crippen molar-refractivity contribution in [3.8, 4) is 0 Å². The highest BCUT2D eigenvalue weighted by Crippen LogP contribution is 2.43. The molecule has 0 spiro atoms. The van der Waals surface area contributed by atoms with Crippen LogP contribution in [0.2, 0.25) is 0 Å². The van der Waals surface area contributed by atoms with Crippen LogP contribution in [0.3, 0.4) is 0 Å². The maximum absolute atomic E-state index is 13.2. The van der Waals surface area contributed by atoms with E-state index in [0.29, 0.717) is 38.3 Å². The molecule has 2 heterocycles. The number of sulfone groups is 1. The van der Waals surface area contributed by atoms with Crippen molar-refractivity contribution in [2.75, 3.05) is 36.5 Å². The van der Waals surface area contributed by atoms with Gasteiger partial charge in [-0.25, -0.2) is 13.4 Å². The van der Waals surface area contributed by atoms with Crippen LogP contribution in [0, 0.1) is 6.92 Å². The summed E-state index contributed by atoms with van der Waals surface area (Å²) in [6.07, 6.45) is 3.05. The van der Waals surface area contributed by atoms with Crippen molar-refractivity contribution in [3.05, 3.63) is 48.2 Å². The van der Waals surface area contributed by atoms with Gasteiger partial charge in [0.2, 0.25) is 5.91 Å². The van der Waals surface area contributed by atoms with E-state index in [0.717, 1.165) is 24.3 Å². The zero-order chi connectivity index (χ0) is 20.5. The number of hydrogen-bond acceptors (Lipinski definition) is 6. The van der Waals surface area contributed by atoms with Gasteiger partial charge in [-0.05, 0) is 50.5 Å². The molecule has 29 heavy (non-hydrogen) atoms. The van der Waals surface area contributed by atoms with Gasteiger partial charge in [-0.2, -0.15) is 0 Å². The Kier molecular flexibility index (Phi) is 5.31. The van der Waals surface area contributed by atoms with Gasteiger partial charge < -0.3 is 15.0 Å². The maximum atomic E-state index is 13.2. The molecule has 2 aromatic rings. The fourth-order valence-electron chi connectivity index (χ4n) is 3.76. The van der Waals surface area contributed by atoms with Crippen molar-refractivity contribution >= 4 is 27.2 Å². The average molecular weight is 416 g/mol. The summed E-state index contributed by atoms with van der Waals surface area (Å²) in [6.45, 7) is 4.85. The summed E-state index contributed by atoms with van der Waals surface area (Å²) in [7, 11) is -3.79. The lowest BCUT2D eigenvalue weighted by Crippen LogP contribution is -2.54. The molecule has 1 amide bonds. The third kappa shape index (κ3) is 3.62. The second-order valence-electron chi connectivity index (χ2n) is 7.62. The van der Waals surface area contributed by atoms with Gasteiger partial charge in [-0.15, -0.1) is 0 Å². The van der Waals surface area contributed by atoms with Crippen LogP contribution < -0.4 is 10.2 Å². The maximum Gasteiger partial charge on any atom is 0.247 e. The molecule has 1 aromatic carbocycles. The molecule has 0 bridgehead atoms. The minimum Gasteiger partial charge on any atom is -0.378 e. The normalized spacial score (nSPS) is 18.7. The number of amides is 1. The van der Waals surface area contributed by atoms with E-state index in [1.165, 1.54) is 0 Å². The monoisotopic (exact) mass is 415 g/mol. The number of hydrogen-bond donors (Lipinski definition) is 1. The molecule has 1 saturated carbocycles. The summed E-state index contributed by atoms with van der Waals surface area (Å²) in [5, 5.41) is 2.73. The largest absolute Gasteiger partial charge is 0.378 e. The van der Waals surface area contributed by atoms with Crippen LogP contribution in [0.1, 0.15) is 24.8 Å². The summed E-state index contributed by atoms with van der Waals surface area (Å²) < 4.78 is 30.4. The Morgan fingerprint density at radius 2 is 1.79 bits per heavy atom. The number of nitrogens with one attached hydrogen (secondary N) is 1. The average Bonchev–Trinajstić information content (AvgIpc) is 2.68. The van der Waals surface area contributed by atoms with Crippen molar-refractivity contribution in [2.24, 2.45) is 0 Å². The number of anilines is 2. The van der Waals surface area contributed by atoms with Gasteiger partial charge in [-0.1, -0.05) is 17.7 Å². The fourth-order valence-corrected chi connectivity index (χ4v) is 5.82. The van der Waals surface area contributed by atoms with Crippen molar-refractivity contribution in [1.82, 2.24) is 4.98 Å². The highest BCUT2D eigenvalue weighted by Gasteiger charge is 2.55. The van der Waals surface area contributed by atoms with Gasteiger partial charge in [0, 0.05) is 13.1 Å². The number of nitrogens with zero attached hydrogens (tertiary/aromatic N) is 2. The number of morpholine rings is 1. The molecule has 4 rings (SSSR count). The highest BCUT2D eigenvalue weighted by atomic mass is 32.2. The number of carbonyl (C=O) groups is 1. The first-order chi connectivity index (χ1) is 13.9. The molecule has 0 atom stereocenters. The lowest BCUT2D eigenvalue weighted by atomic mass is 9.83. The van der Waals surface area contributed by atoms with Crippen LogP contribution in [0.15, 0.2) is 47.5 Å². The Labute approximate surface area is 171 Å². The third-order valence-electron chi connectivity index (χ3n) is 5.79. The Morgan fingerprint density at radius 3 is 2.34 bits per heavy atom. The number of aromatic nitrogens is 1. The second-order valence-corrected chi connectivity index (χ2v) is 9.88. The van der Waals surface area contributed by atoms with E-state index in [-0.39, 0.29) is 4.90 Å². The van der Waals surface area contributed by atoms with E-state index in [2.05, 4.69) is 15.2 Å². The summed E-state index contributed by atoms with van der Waals surface area (Å²) in [5.41, 5.74) is 1.93. The van der Waals surface area contributed by atoms with Crippen LogP contribution >= 0.6 is 0 Å². The molecule has 1 aliphatic carbocycles. The zero-order valence-corrected chi connectivity index (χ0v) is 17.2. The number of benzene rings is 1. The molecule has 1 aromatic heterocycles. The Balaban J connectivity index is 1.52. The molecule has 7 nitrogen and oxygen atoms in total. The van der Waals surface area contributed by atoms with E-state index in [1.54, 1.807) is 36.5 Å². The van der Waals surface area contributed by atoms with Crippen LogP contribution in [0.25, 0.3) is 0 Å². The number of carbonyl (C=O) groups excluding carboxylic acids is 1. The van der Waals surface area contributed by atoms with Crippen molar-refractivity contribution in [2.45, 2.75) is 35.8 Å². The Bertz CT molecular complexity index is 978. The molecular formula is C21H25N3O4S. The molecular weight excluding hydrogens is 390 g/mol. The first kappa shape index (κ1) is 19.8. The summed E-state index contributed by atoms with van der Waals surface area (Å²) in [6, 6.07) is 10.3. The summed E-state index contributed by atoms with van der Waals surface area (Å²) in [5.74, 6) is -0.145. The van der Waals surface area contributed by atoms with Crippen molar-refractivity contribution in [1.29, 1.82) is 0 Å². The van der Waals surface area contributed by atoms with E-state index >= 15 is 0 Å². The predicted octanol–water partition coefficient (Wildman–Crippen LogP) is 2.56. The topological polar surface area (TPSA) is 88.6 Å². The minimum absolute atomic E-state index is 0.188.